The van der Waals surface area contributed by atoms with E-state index in [2.05, 4.69) is 4.98 Å². The lowest BCUT2D eigenvalue weighted by atomic mass is 9.98. The van der Waals surface area contributed by atoms with Crippen LogP contribution >= 0.6 is 11.3 Å². The van der Waals surface area contributed by atoms with Crippen LogP contribution in [0.3, 0.4) is 0 Å². The van der Waals surface area contributed by atoms with Gasteiger partial charge >= 0.3 is 6.03 Å². The summed E-state index contributed by atoms with van der Waals surface area (Å²) in [5.41, 5.74) is 5.21. The lowest BCUT2D eigenvalue weighted by molar-refractivity contribution is 0.190. The van der Waals surface area contributed by atoms with Crippen molar-refractivity contribution in [3.8, 4) is 0 Å². The van der Waals surface area contributed by atoms with Crippen molar-refractivity contribution >= 4 is 17.4 Å². The largest absolute Gasteiger partial charge is 0.351 e. The lowest BCUT2D eigenvalue weighted by Crippen LogP contribution is -2.41. The maximum absolute atomic E-state index is 10.9. The van der Waals surface area contributed by atoms with Crippen molar-refractivity contribution in [2.24, 2.45) is 5.73 Å². The molecule has 0 saturated carbocycles. The molecule has 5 heteroatoms. The Morgan fingerprint density at radius 2 is 2.29 bits per heavy atom. The van der Waals surface area contributed by atoms with Crippen LogP contribution in [0.25, 0.3) is 0 Å². The molecule has 1 saturated heterocycles. The Kier molecular flexibility index (Phi) is 2.67. The fourth-order valence-electron chi connectivity index (χ4n) is 1.78. The average molecular weight is 211 g/mol. The highest BCUT2D eigenvalue weighted by atomic mass is 32.1. The molecule has 0 spiro atoms. The molecule has 2 N–H and O–H groups in total. The number of rotatable bonds is 1. The number of amides is 2. The Morgan fingerprint density at radius 1 is 1.57 bits per heavy atom. The van der Waals surface area contributed by atoms with Crippen LogP contribution in [0.2, 0.25) is 0 Å². The number of nitrogens with two attached hydrogens (primary N) is 1. The van der Waals surface area contributed by atoms with Crippen LogP contribution < -0.4 is 5.73 Å². The Morgan fingerprint density at radius 3 is 2.79 bits per heavy atom. The second kappa shape index (κ2) is 3.96. The van der Waals surface area contributed by atoms with Crippen LogP contribution in [0.4, 0.5) is 4.79 Å². The van der Waals surface area contributed by atoms with E-state index in [0.29, 0.717) is 5.92 Å². The van der Waals surface area contributed by atoms with E-state index in [1.54, 1.807) is 16.2 Å². The van der Waals surface area contributed by atoms with Crippen LogP contribution in [0.5, 0.6) is 0 Å². The molecule has 76 valence electrons. The zero-order valence-electron chi connectivity index (χ0n) is 7.85. The van der Waals surface area contributed by atoms with Crippen molar-refractivity contribution in [2.45, 2.75) is 18.8 Å². The molecule has 1 aliphatic rings. The second-order valence-electron chi connectivity index (χ2n) is 3.47. The molecule has 0 bridgehead atoms. The number of likely N-dealkylation sites (tertiary alicyclic amines) is 1. The van der Waals surface area contributed by atoms with E-state index in [9.17, 15) is 4.79 Å². The van der Waals surface area contributed by atoms with Crippen molar-refractivity contribution < 1.29 is 4.79 Å². The zero-order valence-corrected chi connectivity index (χ0v) is 8.67. The van der Waals surface area contributed by atoms with Crippen molar-refractivity contribution in [1.82, 2.24) is 9.88 Å². The summed E-state index contributed by atoms with van der Waals surface area (Å²) in [5, 5.41) is 3.18. The van der Waals surface area contributed by atoms with Gasteiger partial charge in [0.15, 0.2) is 0 Å². The van der Waals surface area contributed by atoms with E-state index >= 15 is 0 Å². The van der Waals surface area contributed by atoms with E-state index in [4.69, 9.17) is 5.73 Å². The quantitative estimate of drug-likeness (QED) is 0.763. The molecular weight excluding hydrogens is 198 g/mol. The summed E-state index contributed by atoms with van der Waals surface area (Å²) >= 11 is 1.69. The molecule has 0 aromatic carbocycles. The van der Waals surface area contributed by atoms with Crippen LogP contribution in [0, 0.1) is 0 Å². The first kappa shape index (κ1) is 9.45. The average Bonchev–Trinajstić information content (AvgIpc) is 2.71. The molecule has 0 unspecified atom stereocenters. The molecule has 1 aromatic rings. The fraction of sp³-hybridized carbons (Fsp3) is 0.556. The highest BCUT2D eigenvalue weighted by molar-refractivity contribution is 7.09. The third-order valence-electron chi connectivity index (χ3n) is 2.61. The van der Waals surface area contributed by atoms with E-state index in [-0.39, 0.29) is 6.03 Å². The van der Waals surface area contributed by atoms with Gasteiger partial charge in [-0.2, -0.15) is 0 Å². The minimum absolute atomic E-state index is 0.303. The number of thiazole rings is 1. The first-order valence-electron chi connectivity index (χ1n) is 4.71. The minimum atomic E-state index is -0.303. The molecule has 2 rings (SSSR count). The van der Waals surface area contributed by atoms with Crippen LogP contribution in [-0.4, -0.2) is 29.0 Å². The summed E-state index contributed by atoms with van der Waals surface area (Å²) < 4.78 is 0. The van der Waals surface area contributed by atoms with E-state index < -0.39 is 0 Å². The molecule has 4 nitrogen and oxygen atoms in total. The number of urea groups is 1. The third kappa shape index (κ3) is 1.87. The van der Waals surface area contributed by atoms with Crippen LogP contribution in [0.1, 0.15) is 23.8 Å². The number of piperidine rings is 1. The first-order chi connectivity index (χ1) is 6.77. The first-order valence-corrected chi connectivity index (χ1v) is 5.59. The van der Waals surface area contributed by atoms with Gasteiger partial charge in [0.05, 0.1) is 5.01 Å². The maximum atomic E-state index is 10.9. The van der Waals surface area contributed by atoms with Gasteiger partial charge in [-0.1, -0.05) is 0 Å². The number of primary amides is 1. The van der Waals surface area contributed by atoms with Gasteiger partial charge in [0, 0.05) is 30.6 Å². The highest BCUT2D eigenvalue weighted by Crippen LogP contribution is 2.28. The molecule has 0 atom stereocenters. The number of carbonyl (C=O) groups is 1. The summed E-state index contributed by atoms with van der Waals surface area (Å²) in [4.78, 5) is 16.9. The third-order valence-corrected chi connectivity index (χ3v) is 3.55. The van der Waals surface area contributed by atoms with E-state index in [1.165, 1.54) is 5.01 Å². The van der Waals surface area contributed by atoms with Gasteiger partial charge in [-0.3, -0.25) is 0 Å². The molecule has 1 aromatic heterocycles. The van der Waals surface area contributed by atoms with Gasteiger partial charge in [-0.05, 0) is 12.8 Å². The van der Waals surface area contributed by atoms with Gasteiger partial charge < -0.3 is 10.6 Å². The predicted octanol–water partition coefficient (Wildman–Crippen LogP) is 1.40. The Balaban J connectivity index is 1.93. The van der Waals surface area contributed by atoms with Gasteiger partial charge in [0.2, 0.25) is 0 Å². The van der Waals surface area contributed by atoms with Gasteiger partial charge in [0.1, 0.15) is 0 Å². The summed E-state index contributed by atoms with van der Waals surface area (Å²) in [7, 11) is 0. The maximum Gasteiger partial charge on any atom is 0.314 e. The monoisotopic (exact) mass is 211 g/mol. The highest BCUT2D eigenvalue weighted by Gasteiger charge is 2.23. The Labute approximate surface area is 86.7 Å². The Hall–Kier alpha value is -1.10. The fourth-order valence-corrected chi connectivity index (χ4v) is 2.59. The molecule has 1 aliphatic heterocycles. The smallest absolute Gasteiger partial charge is 0.314 e. The molecule has 2 heterocycles. The number of hydrogen-bond donors (Lipinski definition) is 1. The normalized spacial score (nSPS) is 18.4. The molecule has 0 aliphatic carbocycles. The van der Waals surface area contributed by atoms with E-state index in [1.807, 2.05) is 11.6 Å². The molecule has 1 fully saturated rings. The number of aromatic nitrogens is 1. The van der Waals surface area contributed by atoms with Gasteiger partial charge in [-0.25, -0.2) is 9.78 Å². The predicted molar refractivity (Wildman–Crippen MR) is 55.2 cm³/mol. The van der Waals surface area contributed by atoms with E-state index in [0.717, 1.165) is 25.9 Å². The van der Waals surface area contributed by atoms with Crippen LogP contribution in [-0.2, 0) is 0 Å². The molecule has 14 heavy (non-hydrogen) atoms. The van der Waals surface area contributed by atoms with Gasteiger partial charge in [0.25, 0.3) is 0 Å². The Bertz CT molecular complexity index is 304. The number of nitrogens with zero attached hydrogens (tertiary/aromatic N) is 2. The van der Waals surface area contributed by atoms with Crippen molar-refractivity contribution in [1.29, 1.82) is 0 Å². The number of hydrogen-bond acceptors (Lipinski definition) is 3. The van der Waals surface area contributed by atoms with Crippen molar-refractivity contribution in [3.63, 3.8) is 0 Å². The van der Waals surface area contributed by atoms with Gasteiger partial charge in [-0.15, -0.1) is 11.3 Å². The zero-order chi connectivity index (χ0) is 9.97. The minimum Gasteiger partial charge on any atom is -0.351 e. The summed E-state index contributed by atoms with van der Waals surface area (Å²) in [6.07, 6.45) is 3.80. The second-order valence-corrected chi connectivity index (χ2v) is 4.40. The molecule has 2 amide bonds. The van der Waals surface area contributed by atoms with Crippen molar-refractivity contribution in [3.05, 3.63) is 16.6 Å². The number of carbonyl (C=O) groups excluding carboxylic acids is 1. The molecule has 0 radical (unpaired) electrons. The summed E-state index contributed by atoms with van der Waals surface area (Å²) in [5.74, 6) is 0.519. The van der Waals surface area contributed by atoms with Crippen molar-refractivity contribution in [2.75, 3.05) is 13.1 Å². The topological polar surface area (TPSA) is 59.2 Å². The SMILES string of the molecule is NC(=O)N1CCC(c2nccs2)CC1. The summed E-state index contributed by atoms with van der Waals surface area (Å²) in [6, 6.07) is -0.303. The summed E-state index contributed by atoms with van der Waals surface area (Å²) in [6.45, 7) is 1.53. The molecular formula is C9H13N3OS. The lowest BCUT2D eigenvalue weighted by Gasteiger charge is -2.29. The van der Waals surface area contributed by atoms with Crippen LogP contribution in [0.15, 0.2) is 11.6 Å². The standard InChI is InChI=1S/C9H13N3OS/c10-9(13)12-4-1-7(2-5-12)8-11-3-6-14-8/h3,6-7H,1-2,4-5H2,(H2,10,13).